The van der Waals surface area contributed by atoms with Crippen LogP contribution < -0.4 is 5.32 Å². The minimum absolute atomic E-state index is 0.122. The molecular weight excluding hydrogens is 348 g/mol. The van der Waals surface area contributed by atoms with Crippen molar-refractivity contribution in [2.45, 2.75) is 38.6 Å². The zero-order valence-electron chi connectivity index (χ0n) is 14.9. The number of amides is 1. The van der Waals surface area contributed by atoms with Crippen molar-refractivity contribution < 1.29 is 4.79 Å². The third-order valence-electron chi connectivity index (χ3n) is 4.68. The summed E-state index contributed by atoms with van der Waals surface area (Å²) < 4.78 is 1.72. The first-order chi connectivity index (χ1) is 12.6. The van der Waals surface area contributed by atoms with Gasteiger partial charge in [-0.2, -0.15) is 9.61 Å². The Labute approximate surface area is 156 Å². The van der Waals surface area contributed by atoms with Crippen molar-refractivity contribution in [2.75, 3.05) is 18.4 Å². The fourth-order valence-corrected chi connectivity index (χ4v) is 3.98. The molecule has 1 saturated heterocycles. The quantitative estimate of drug-likeness (QED) is 0.764. The zero-order valence-corrected chi connectivity index (χ0v) is 15.7. The van der Waals surface area contributed by atoms with Crippen LogP contribution in [0.4, 0.5) is 5.69 Å². The summed E-state index contributed by atoms with van der Waals surface area (Å²) in [7, 11) is 0. The molecule has 0 aromatic carbocycles. The number of likely N-dealkylation sites (tertiary alicyclic amines) is 1. The Kier molecular flexibility index (Phi) is 4.58. The molecule has 3 aromatic heterocycles. The molecular formula is C18H22N6OS. The molecule has 1 amide bonds. The number of carbonyl (C=O) groups excluding carboxylic acids is 1. The molecule has 1 N–H and O–H groups in total. The molecule has 1 aliphatic heterocycles. The van der Waals surface area contributed by atoms with Gasteiger partial charge in [-0.3, -0.25) is 4.79 Å². The molecule has 0 aliphatic carbocycles. The number of nitrogens with one attached hydrogen (secondary N) is 1. The summed E-state index contributed by atoms with van der Waals surface area (Å²) in [5.74, 6) is 0.433. The number of nitrogens with zero attached hydrogens (tertiary/aromatic N) is 5. The Balaban J connectivity index is 1.54. The Hall–Kier alpha value is -2.48. The van der Waals surface area contributed by atoms with Gasteiger partial charge in [0.05, 0.1) is 16.3 Å². The van der Waals surface area contributed by atoms with E-state index in [1.807, 2.05) is 22.4 Å². The fourth-order valence-electron chi connectivity index (χ4n) is 3.29. The van der Waals surface area contributed by atoms with Gasteiger partial charge in [0, 0.05) is 19.1 Å². The highest BCUT2D eigenvalue weighted by Gasteiger charge is 2.25. The van der Waals surface area contributed by atoms with Crippen LogP contribution in [0.2, 0.25) is 0 Å². The Morgan fingerprint density at radius 2 is 2.31 bits per heavy atom. The molecule has 1 unspecified atom stereocenters. The molecule has 0 bridgehead atoms. The highest BCUT2D eigenvalue weighted by atomic mass is 32.1. The van der Waals surface area contributed by atoms with E-state index in [4.69, 9.17) is 0 Å². The highest BCUT2D eigenvalue weighted by Crippen LogP contribution is 2.24. The molecule has 1 atom stereocenters. The summed E-state index contributed by atoms with van der Waals surface area (Å²) >= 11 is 1.50. The van der Waals surface area contributed by atoms with Crippen molar-refractivity contribution in [3.8, 4) is 0 Å². The minimum Gasteiger partial charge on any atom is -0.377 e. The van der Waals surface area contributed by atoms with Crippen molar-refractivity contribution >= 4 is 28.6 Å². The van der Waals surface area contributed by atoms with E-state index in [-0.39, 0.29) is 11.9 Å². The summed E-state index contributed by atoms with van der Waals surface area (Å²) in [6.45, 7) is 5.73. The largest absolute Gasteiger partial charge is 0.377 e. The first kappa shape index (κ1) is 17.0. The van der Waals surface area contributed by atoms with Crippen LogP contribution >= 0.6 is 11.3 Å². The topological polar surface area (TPSA) is 75.4 Å². The Bertz CT molecular complexity index is 904. The molecule has 7 nitrogen and oxygen atoms in total. The van der Waals surface area contributed by atoms with Crippen LogP contribution in [-0.4, -0.2) is 49.7 Å². The first-order valence-corrected chi connectivity index (χ1v) is 9.80. The van der Waals surface area contributed by atoms with Crippen LogP contribution in [0.15, 0.2) is 29.9 Å². The van der Waals surface area contributed by atoms with Crippen molar-refractivity contribution in [3.63, 3.8) is 0 Å². The Morgan fingerprint density at radius 1 is 1.42 bits per heavy atom. The summed E-state index contributed by atoms with van der Waals surface area (Å²) in [6, 6.07) is 6.05. The highest BCUT2D eigenvalue weighted by molar-refractivity contribution is 7.12. The van der Waals surface area contributed by atoms with E-state index < -0.39 is 0 Å². The fraction of sp³-hybridized carbons (Fsp3) is 0.444. The lowest BCUT2D eigenvalue weighted by Gasteiger charge is -2.33. The number of carbonyl (C=O) groups is 1. The molecule has 4 heterocycles. The van der Waals surface area contributed by atoms with Gasteiger partial charge in [-0.15, -0.1) is 21.5 Å². The predicted octanol–water partition coefficient (Wildman–Crippen LogP) is 3.03. The van der Waals surface area contributed by atoms with Gasteiger partial charge in [-0.1, -0.05) is 19.9 Å². The number of rotatable bonds is 4. The van der Waals surface area contributed by atoms with Crippen molar-refractivity contribution in [2.24, 2.45) is 0 Å². The van der Waals surface area contributed by atoms with E-state index in [0.29, 0.717) is 12.5 Å². The summed E-state index contributed by atoms with van der Waals surface area (Å²) in [5.41, 5.74) is 2.63. The maximum Gasteiger partial charge on any atom is 0.263 e. The SMILES string of the molecule is CC(C)c1cc(NC2CCCN(C(=O)c3cccs3)C2)c2nncn2n1. The van der Waals surface area contributed by atoms with E-state index in [1.165, 1.54) is 11.3 Å². The normalized spacial score (nSPS) is 17.8. The second kappa shape index (κ2) is 7.03. The van der Waals surface area contributed by atoms with E-state index >= 15 is 0 Å². The Morgan fingerprint density at radius 3 is 3.08 bits per heavy atom. The molecule has 0 radical (unpaired) electrons. The number of thiophene rings is 1. The number of fused-ring (bicyclic) bond motifs is 1. The number of hydrogen-bond acceptors (Lipinski definition) is 6. The lowest BCUT2D eigenvalue weighted by atomic mass is 10.0. The van der Waals surface area contributed by atoms with Crippen LogP contribution in [0.25, 0.3) is 5.65 Å². The summed E-state index contributed by atoms with van der Waals surface area (Å²) in [4.78, 5) is 15.4. The van der Waals surface area contributed by atoms with E-state index in [2.05, 4.69) is 40.5 Å². The van der Waals surface area contributed by atoms with E-state index in [9.17, 15) is 4.79 Å². The van der Waals surface area contributed by atoms with Crippen LogP contribution in [0.1, 0.15) is 48.0 Å². The van der Waals surface area contributed by atoms with Crippen molar-refractivity contribution in [1.82, 2.24) is 24.7 Å². The molecule has 26 heavy (non-hydrogen) atoms. The first-order valence-electron chi connectivity index (χ1n) is 8.92. The lowest BCUT2D eigenvalue weighted by Crippen LogP contribution is -2.45. The molecule has 1 aliphatic rings. The second-order valence-electron chi connectivity index (χ2n) is 6.95. The van der Waals surface area contributed by atoms with Gasteiger partial charge in [0.15, 0.2) is 0 Å². The van der Waals surface area contributed by atoms with Gasteiger partial charge in [-0.25, -0.2) is 0 Å². The molecule has 3 aromatic rings. The van der Waals surface area contributed by atoms with Crippen molar-refractivity contribution in [1.29, 1.82) is 0 Å². The molecule has 136 valence electrons. The maximum absolute atomic E-state index is 12.6. The second-order valence-corrected chi connectivity index (χ2v) is 7.90. The van der Waals surface area contributed by atoms with Gasteiger partial charge in [0.2, 0.25) is 5.65 Å². The van der Waals surface area contributed by atoms with Gasteiger partial charge in [0.1, 0.15) is 6.33 Å². The molecule has 4 rings (SSSR count). The predicted molar refractivity (Wildman–Crippen MR) is 102 cm³/mol. The number of piperidine rings is 1. The zero-order chi connectivity index (χ0) is 18.1. The number of aromatic nitrogens is 4. The van der Waals surface area contributed by atoms with Gasteiger partial charge >= 0.3 is 0 Å². The molecule has 8 heteroatoms. The average molecular weight is 370 g/mol. The third kappa shape index (κ3) is 3.29. The maximum atomic E-state index is 12.6. The van der Waals surface area contributed by atoms with E-state index in [1.54, 1.807) is 10.8 Å². The van der Waals surface area contributed by atoms with Gasteiger partial charge in [0.25, 0.3) is 5.91 Å². The monoisotopic (exact) mass is 370 g/mol. The van der Waals surface area contributed by atoms with Crippen molar-refractivity contribution in [3.05, 3.63) is 40.5 Å². The van der Waals surface area contributed by atoms with E-state index in [0.717, 1.165) is 41.3 Å². The number of anilines is 1. The average Bonchev–Trinajstić information content (AvgIpc) is 3.33. The smallest absolute Gasteiger partial charge is 0.263 e. The standard InChI is InChI=1S/C18H22N6OS/c1-12(2)14-9-15(17-21-19-11-24(17)22-14)20-13-5-3-7-23(10-13)18(25)16-6-4-8-26-16/h4,6,8-9,11-13,20H,3,5,7,10H2,1-2H3. The van der Waals surface area contributed by atoms with Crippen LogP contribution in [0.3, 0.4) is 0 Å². The minimum atomic E-state index is 0.122. The van der Waals surface area contributed by atoms with Crippen LogP contribution in [-0.2, 0) is 0 Å². The van der Waals surface area contributed by atoms with Crippen LogP contribution in [0.5, 0.6) is 0 Å². The van der Waals surface area contributed by atoms with Gasteiger partial charge in [-0.05, 0) is 36.3 Å². The van der Waals surface area contributed by atoms with Gasteiger partial charge < -0.3 is 10.2 Å². The summed E-state index contributed by atoms with van der Waals surface area (Å²) in [5, 5.41) is 18.2. The third-order valence-corrected chi connectivity index (χ3v) is 5.54. The molecule has 0 saturated carbocycles. The molecule has 1 fully saturated rings. The molecule has 0 spiro atoms. The van der Waals surface area contributed by atoms with Crippen LogP contribution in [0, 0.1) is 0 Å². The summed E-state index contributed by atoms with van der Waals surface area (Å²) in [6.07, 6.45) is 3.63. The number of hydrogen-bond donors (Lipinski definition) is 1. The lowest BCUT2D eigenvalue weighted by molar-refractivity contribution is 0.0720.